The summed E-state index contributed by atoms with van der Waals surface area (Å²) >= 11 is 0. The first kappa shape index (κ1) is 64.8. The second-order valence-corrected chi connectivity index (χ2v) is 30.0. The largest absolute Gasteiger partial charge is 0.469 e. The maximum absolute atomic E-state index is 14.8. The molecule has 0 bridgehead atoms. The normalized spacial score (nSPS) is 36.3. The van der Waals surface area contributed by atoms with E-state index in [0.29, 0.717) is 30.7 Å². The Morgan fingerprint density at radius 2 is 1.44 bits per heavy atom. The molecule has 5 aliphatic carbocycles. The van der Waals surface area contributed by atoms with Gasteiger partial charge in [0.05, 0.1) is 49.3 Å². The second kappa shape index (κ2) is 24.1. The van der Waals surface area contributed by atoms with Crippen molar-refractivity contribution in [3.05, 3.63) is 12.2 Å². The van der Waals surface area contributed by atoms with E-state index in [1.165, 1.54) is 5.57 Å². The van der Waals surface area contributed by atoms with E-state index in [1.807, 2.05) is 58.5 Å². The number of fused-ring (bicyclic) bond motifs is 7. The van der Waals surface area contributed by atoms with Crippen LogP contribution in [0.4, 0.5) is 0 Å². The lowest BCUT2D eigenvalue weighted by Crippen LogP contribution is -2.71. The summed E-state index contributed by atoms with van der Waals surface area (Å²) in [4.78, 5) is 83.0. The third-order valence-electron chi connectivity index (χ3n) is 24.2. The van der Waals surface area contributed by atoms with Gasteiger partial charge in [-0.05, 0) is 172 Å². The van der Waals surface area contributed by atoms with Crippen LogP contribution in [0, 0.1) is 79.8 Å². The van der Waals surface area contributed by atoms with Gasteiger partial charge in [-0.15, -0.1) is 0 Å². The van der Waals surface area contributed by atoms with Gasteiger partial charge in [-0.2, -0.15) is 0 Å². The molecule has 5 saturated carbocycles. The molecule has 6 aliphatic rings. The molecule has 6 fully saturated rings. The molecule has 16 heteroatoms. The number of allylic oxidation sites excluding steroid dienone is 1. The molecular formula is C62H110N5O10P. The summed E-state index contributed by atoms with van der Waals surface area (Å²) in [7, 11) is 4.14. The Hall–Kier alpha value is -2.39. The quantitative estimate of drug-likeness (QED) is 0.0597. The van der Waals surface area contributed by atoms with Crippen molar-refractivity contribution in [1.82, 2.24) is 25.3 Å². The van der Waals surface area contributed by atoms with Crippen LogP contribution < -0.4 is 10.6 Å². The molecule has 0 spiro atoms. The van der Waals surface area contributed by atoms with Crippen LogP contribution >= 0.6 is 7.82 Å². The van der Waals surface area contributed by atoms with Gasteiger partial charge >= 0.3 is 7.82 Å². The van der Waals surface area contributed by atoms with Crippen LogP contribution in [0.25, 0.3) is 0 Å². The average molecular weight is 1120 g/mol. The fourth-order valence-electron chi connectivity index (χ4n) is 18.9. The zero-order valence-corrected chi connectivity index (χ0v) is 53.0. The number of phosphoric ester groups is 1. The first-order chi connectivity index (χ1) is 36.1. The minimum Gasteiger partial charge on any atom is -0.379 e. The van der Waals surface area contributed by atoms with E-state index in [4.69, 9.17) is 14.0 Å². The van der Waals surface area contributed by atoms with Crippen molar-refractivity contribution in [3.63, 3.8) is 0 Å². The van der Waals surface area contributed by atoms with Gasteiger partial charge in [0.1, 0.15) is 6.04 Å². The molecule has 1 heterocycles. The van der Waals surface area contributed by atoms with Crippen molar-refractivity contribution in [3.8, 4) is 0 Å². The Balaban J connectivity index is 1.16. The van der Waals surface area contributed by atoms with Crippen molar-refractivity contribution in [2.75, 3.05) is 48.5 Å². The van der Waals surface area contributed by atoms with Crippen LogP contribution in [-0.2, 0) is 37.7 Å². The molecule has 1 saturated heterocycles. The average Bonchev–Trinajstić information content (AvgIpc) is 3.11. The van der Waals surface area contributed by atoms with E-state index in [9.17, 15) is 33.5 Å². The Labute approximate surface area is 472 Å². The van der Waals surface area contributed by atoms with E-state index >= 15 is 0 Å². The number of rotatable bonds is 22. The number of amides is 4. The molecule has 18 atom stereocenters. The van der Waals surface area contributed by atoms with E-state index in [-0.39, 0.29) is 105 Å². The van der Waals surface area contributed by atoms with Crippen LogP contribution in [0.2, 0.25) is 0 Å². The molecule has 4 N–H and O–H groups in total. The minimum absolute atomic E-state index is 0.0107. The van der Waals surface area contributed by atoms with E-state index in [0.717, 1.165) is 77.0 Å². The van der Waals surface area contributed by atoms with Crippen LogP contribution in [-0.4, -0.2) is 139 Å². The summed E-state index contributed by atoms with van der Waals surface area (Å²) in [5, 5.41) is 6.71. The van der Waals surface area contributed by atoms with Gasteiger partial charge in [0.15, 0.2) is 0 Å². The monoisotopic (exact) mass is 1120 g/mol. The number of likely N-dealkylation sites (tertiary alicyclic amines) is 1. The summed E-state index contributed by atoms with van der Waals surface area (Å²) in [5.41, 5.74) is 0.705. The first-order valence-electron chi connectivity index (χ1n) is 30.3. The minimum atomic E-state index is -4.62. The zero-order chi connectivity index (χ0) is 58.6. The smallest absolute Gasteiger partial charge is 0.379 e. The maximum Gasteiger partial charge on any atom is 0.469 e. The third-order valence-corrected chi connectivity index (χ3v) is 24.6. The van der Waals surface area contributed by atoms with Gasteiger partial charge in [-0.1, -0.05) is 109 Å². The molecule has 6 rings (SSSR count). The number of nitrogens with zero attached hydrogens (tertiary/aromatic N) is 3. The SMILES string of the molecule is C=C(C)[C@@H]1CC[C@]2(COP(=O)(O)O)CC[C@]3(C)C(CCC4[C@@]5(C)CC[C@H](NC(=O)[C@H](C)[C@@H](OC)C6CCCN6C(=O)C[C@@H](OC)[C@H]([C@@H](C)CC)N(C)C(=O)[C@@H](NC(=O)[C@H](C(C)C)N(C)C)C(C)C)C(C)(C)[C@]5(C)CC[C@]43C)[C@@H]12. The molecule has 448 valence electrons. The highest BCUT2D eigenvalue weighted by Crippen LogP contribution is 2.80. The van der Waals surface area contributed by atoms with Crippen molar-refractivity contribution in [2.45, 2.75) is 229 Å². The number of likely N-dealkylation sites (N-methyl/N-ethyl adjacent to an activating group) is 2. The second-order valence-electron chi connectivity index (χ2n) is 28.8. The lowest BCUT2D eigenvalue weighted by Gasteiger charge is -2.76. The maximum atomic E-state index is 14.8. The topological polar surface area (TPSA) is 187 Å². The predicted octanol–water partition coefficient (Wildman–Crippen LogP) is 10.3. The molecule has 15 nitrogen and oxygen atoms in total. The van der Waals surface area contributed by atoms with Crippen molar-refractivity contribution in [1.29, 1.82) is 0 Å². The van der Waals surface area contributed by atoms with Crippen LogP contribution in [0.15, 0.2) is 12.2 Å². The lowest BCUT2D eigenvalue weighted by molar-refractivity contribution is -0.270. The molecule has 0 aromatic carbocycles. The Morgan fingerprint density at radius 3 is 1.99 bits per heavy atom. The molecule has 78 heavy (non-hydrogen) atoms. The molecule has 4 amide bonds. The van der Waals surface area contributed by atoms with Gasteiger partial charge < -0.3 is 39.7 Å². The number of ether oxygens (including phenoxy) is 2. The number of phosphoric acid groups is 1. The van der Waals surface area contributed by atoms with Crippen molar-refractivity contribution >= 4 is 31.5 Å². The summed E-state index contributed by atoms with van der Waals surface area (Å²) in [6.07, 6.45) is 11.1. The van der Waals surface area contributed by atoms with Gasteiger partial charge in [0.25, 0.3) is 0 Å². The third kappa shape index (κ3) is 11.4. The summed E-state index contributed by atoms with van der Waals surface area (Å²) in [6, 6.07) is -2.00. The number of methoxy groups -OCH3 is 2. The number of nitrogens with one attached hydrogen (secondary N) is 2. The highest BCUT2D eigenvalue weighted by molar-refractivity contribution is 7.46. The van der Waals surface area contributed by atoms with Crippen LogP contribution in [0.3, 0.4) is 0 Å². The molecule has 1 aliphatic heterocycles. The van der Waals surface area contributed by atoms with E-state index < -0.39 is 44.1 Å². The van der Waals surface area contributed by atoms with Crippen LogP contribution in [0.1, 0.15) is 187 Å². The van der Waals surface area contributed by atoms with Crippen molar-refractivity contribution < 1.29 is 47.5 Å². The van der Waals surface area contributed by atoms with Crippen LogP contribution in [0.5, 0.6) is 0 Å². The molecule has 0 aromatic heterocycles. The number of hydrogen-bond acceptors (Lipinski definition) is 9. The highest BCUT2D eigenvalue weighted by Gasteiger charge is 2.74. The number of carbonyl (C=O) groups excluding carboxylic acids is 4. The van der Waals surface area contributed by atoms with E-state index in [1.54, 1.807) is 26.2 Å². The zero-order valence-electron chi connectivity index (χ0n) is 52.1. The van der Waals surface area contributed by atoms with Gasteiger partial charge in [0, 0.05) is 33.9 Å². The molecule has 3 unspecified atom stereocenters. The van der Waals surface area contributed by atoms with E-state index in [2.05, 4.69) is 79.5 Å². The summed E-state index contributed by atoms with van der Waals surface area (Å²) in [5.74, 6) is 0.201. The molecular weight excluding hydrogens is 1010 g/mol. The number of carbonyl (C=O) groups is 4. The lowest BCUT2D eigenvalue weighted by atomic mass is 9.29. The van der Waals surface area contributed by atoms with Gasteiger partial charge in [0.2, 0.25) is 23.6 Å². The summed E-state index contributed by atoms with van der Waals surface area (Å²) in [6.45, 7) is 36.3. The first-order valence-corrected chi connectivity index (χ1v) is 31.9. The fourth-order valence-corrected chi connectivity index (χ4v) is 19.3. The molecule has 0 aromatic rings. The Kier molecular flexibility index (Phi) is 20.0. The fraction of sp³-hybridized carbons (Fsp3) is 0.903. The number of hydrogen-bond donors (Lipinski definition) is 4. The predicted molar refractivity (Wildman–Crippen MR) is 309 cm³/mol. The molecule has 0 radical (unpaired) electrons. The van der Waals surface area contributed by atoms with Gasteiger partial charge in [-0.3, -0.25) is 28.6 Å². The van der Waals surface area contributed by atoms with Gasteiger partial charge in [-0.25, -0.2) is 4.57 Å². The Bertz CT molecular complexity index is 2210. The summed E-state index contributed by atoms with van der Waals surface area (Å²) < 4.78 is 30.0. The van der Waals surface area contributed by atoms with Crippen molar-refractivity contribution in [2.24, 2.45) is 79.8 Å². The standard InChI is InChI=1S/C62H110N5O10P/c1-21-40(8)52(66(18)56(71)50(38(4)5)64-55(70)51(39(6)7)65(16)17)45(75-19)35-48(68)67-34-22-23-44(67)53(76-20)41(9)54(69)63-47-27-28-60(14)46-25-24-43-49-42(37(2)3)26-29-62(49,36-77-78(72,73)74)33-31-58(43,12)59(46,13)30-32-61(60,15)57(47,10)11/h38-47,49-53H,2,21-36H2,1,3-20H3,(H,63,69)(H,64,70)(H2,72,73,74)/t40-,41+,42-,43?,44?,45+,46?,47-,49+,50-,51-,52-,53+,58+,59+,60+,61-,62+/m0/s1. The highest BCUT2D eigenvalue weighted by atomic mass is 31.2. The Morgan fingerprint density at radius 1 is 0.795 bits per heavy atom.